The van der Waals surface area contributed by atoms with Crippen LogP contribution < -0.4 is 15.0 Å². The van der Waals surface area contributed by atoms with E-state index in [0.717, 1.165) is 13.1 Å². The summed E-state index contributed by atoms with van der Waals surface area (Å²) in [4.78, 5) is 18.7. The molecule has 1 aromatic carbocycles. The molecule has 2 aliphatic heterocycles. The van der Waals surface area contributed by atoms with Gasteiger partial charge in [0.05, 0.1) is 12.1 Å². The van der Waals surface area contributed by atoms with Crippen molar-refractivity contribution in [2.75, 3.05) is 23.3 Å². The molecule has 0 radical (unpaired) electrons. The Labute approximate surface area is 127 Å². The van der Waals surface area contributed by atoms with Crippen LogP contribution in [0.3, 0.4) is 0 Å². The number of H-pyrrole nitrogens is 1. The number of hydrogen-bond acceptors (Lipinski definition) is 5. The van der Waals surface area contributed by atoms with Gasteiger partial charge in [0.2, 0.25) is 5.95 Å². The van der Waals surface area contributed by atoms with E-state index in [2.05, 4.69) is 25.4 Å². The molecule has 0 saturated carbocycles. The second-order valence-electron chi connectivity index (χ2n) is 5.57. The molecule has 2 aliphatic rings. The van der Waals surface area contributed by atoms with E-state index in [1.165, 1.54) is 12.8 Å². The normalized spacial score (nSPS) is 20.5. The molecule has 1 unspecified atom stereocenters. The number of aromatic amines is 1. The molecule has 0 aliphatic carbocycles. The molecule has 1 aromatic heterocycles. The van der Waals surface area contributed by atoms with Gasteiger partial charge in [0, 0.05) is 13.1 Å². The van der Waals surface area contributed by atoms with Crippen LogP contribution in [-0.2, 0) is 11.2 Å². The van der Waals surface area contributed by atoms with Gasteiger partial charge in [-0.1, -0.05) is 12.1 Å². The molecule has 22 heavy (non-hydrogen) atoms. The third-order valence-corrected chi connectivity index (χ3v) is 3.99. The maximum absolute atomic E-state index is 12.1. The maximum atomic E-state index is 12.1. The Morgan fingerprint density at radius 1 is 1.27 bits per heavy atom. The Morgan fingerprint density at radius 2 is 2.09 bits per heavy atom. The lowest BCUT2D eigenvalue weighted by atomic mass is 10.1. The summed E-state index contributed by atoms with van der Waals surface area (Å²) in [7, 11) is 0. The van der Waals surface area contributed by atoms with E-state index in [4.69, 9.17) is 4.74 Å². The van der Waals surface area contributed by atoms with E-state index in [0.29, 0.717) is 29.6 Å². The molecule has 3 heterocycles. The first-order chi connectivity index (χ1) is 10.8. The number of ether oxygens (including phenoxy) is 1. The molecule has 1 saturated heterocycles. The molecule has 0 spiro atoms. The molecular formula is C15H17N5O2. The van der Waals surface area contributed by atoms with E-state index in [1.807, 2.05) is 24.3 Å². The number of para-hydroxylation sites is 2. The molecule has 7 heteroatoms. The van der Waals surface area contributed by atoms with Crippen LogP contribution >= 0.6 is 0 Å². The first-order valence-electron chi connectivity index (χ1n) is 7.52. The summed E-state index contributed by atoms with van der Waals surface area (Å²) in [6, 6.07) is 7.41. The van der Waals surface area contributed by atoms with Crippen LogP contribution in [0.1, 0.15) is 18.7 Å². The molecule has 7 nitrogen and oxygen atoms in total. The van der Waals surface area contributed by atoms with Gasteiger partial charge in [0.25, 0.3) is 5.91 Å². The lowest BCUT2D eigenvalue weighted by Gasteiger charge is -2.25. The summed E-state index contributed by atoms with van der Waals surface area (Å²) < 4.78 is 5.77. The average molecular weight is 299 g/mol. The number of amides is 1. The number of rotatable bonds is 3. The summed E-state index contributed by atoms with van der Waals surface area (Å²) >= 11 is 0. The fourth-order valence-corrected chi connectivity index (χ4v) is 2.84. The Morgan fingerprint density at radius 3 is 2.95 bits per heavy atom. The molecule has 1 atom stereocenters. The van der Waals surface area contributed by atoms with Crippen LogP contribution in [0, 0.1) is 0 Å². The molecular weight excluding hydrogens is 282 g/mol. The zero-order chi connectivity index (χ0) is 14.9. The van der Waals surface area contributed by atoms with Crippen molar-refractivity contribution in [2.24, 2.45) is 0 Å². The highest BCUT2D eigenvalue weighted by atomic mass is 16.5. The summed E-state index contributed by atoms with van der Waals surface area (Å²) in [6.45, 7) is 1.98. The van der Waals surface area contributed by atoms with Gasteiger partial charge in [-0.15, -0.1) is 5.10 Å². The SMILES string of the molecule is O=C1Nc2ccccc2OC1Cc1nc(N2CCCC2)n[nH]1. The van der Waals surface area contributed by atoms with E-state index in [1.54, 1.807) is 0 Å². The molecule has 114 valence electrons. The third-order valence-electron chi connectivity index (χ3n) is 3.99. The first-order valence-corrected chi connectivity index (χ1v) is 7.52. The van der Waals surface area contributed by atoms with Gasteiger partial charge in [0.15, 0.2) is 6.10 Å². The molecule has 0 bridgehead atoms. The maximum Gasteiger partial charge on any atom is 0.266 e. The van der Waals surface area contributed by atoms with Crippen LogP contribution in [0.4, 0.5) is 11.6 Å². The topological polar surface area (TPSA) is 83.1 Å². The number of nitrogens with zero attached hydrogens (tertiary/aromatic N) is 3. The number of aromatic nitrogens is 3. The molecule has 2 aromatic rings. The van der Waals surface area contributed by atoms with Gasteiger partial charge in [0.1, 0.15) is 11.6 Å². The second-order valence-corrected chi connectivity index (χ2v) is 5.57. The first kappa shape index (κ1) is 13.1. The average Bonchev–Trinajstić information content (AvgIpc) is 3.18. The van der Waals surface area contributed by atoms with E-state index in [9.17, 15) is 4.79 Å². The molecule has 1 amide bonds. The van der Waals surface area contributed by atoms with Crippen LogP contribution in [-0.4, -0.2) is 40.3 Å². The standard InChI is InChI=1S/C15H17N5O2/c21-14-12(22-11-6-2-1-5-10(11)16-14)9-13-17-15(19-18-13)20-7-3-4-8-20/h1-2,5-6,12H,3-4,7-9H2,(H,16,21)(H,17,18,19). The van der Waals surface area contributed by atoms with Gasteiger partial charge in [-0.05, 0) is 25.0 Å². The predicted molar refractivity (Wildman–Crippen MR) is 81.0 cm³/mol. The van der Waals surface area contributed by atoms with Crippen molar-refractivity contribution in [3.63, 3.8) is 0 Å². The lowest BCUT2D eigenvalue weighted by molar-refractivity contribution is -0.123. The van der Waals surface area contributed by atoms with Crippen molar-refractivity contribution in [2.45, 2.75) is 25.4 Å². The van der Waals surface area contributed by atoms with Crippen molar-refractivity contribution in [1.82, 2.24) is 15.2 Å². The minimum absolute atomic E-state index is 0.155. The molecule has 4 rings (SSSR count). The fourth-order valence-electron chi connectivity index (χ4n) is 2.84. The van der Waals surface area contributed by atoms with Crippen molar-refractivity contribution < 1.29 is 9.53 Å². The summed E-state index contributed by atoms with van der Waals surface area (Å²) in [5.41, 5.74) is 0.707. The Hall–Kier alpha value is -2.57. The summed E-state index contributed by atoms with van der Waals surface area (Å²) in [5, 5.41) is 10.0. The predicted octanol–water partition coefficient (Wildman–Crippen LogP) is 1.35. The van der Waals surface area contributed by atoms with Crippen molar-refractivity contribution in [3.8, 4) is 5.75 Å². The second kappa shape index (κ2) is 5.32. The van der Waals surface area contributed by atoms with Crippen molar-refractivity contribution in [3.05, 3.63) is 30.1 Å². The highest BCUT2D eigenvalue weighted by Crippen LogP contribution is 2.29. The number of nitrogens with one attached hydrogen (secondary N) is 2. The quantitative estimate of drug-likeness (QED) is 0.894. The fraction of sp³-hybridized carbons (Fsp3) is 0.400. The minimum Gasteiger partial charge on any atom is -0.478 e. The number of benzene rings is 1. The van der Waals surface area contributed by atoms with Crippen LogP contribution in [0.15, 0.2) is 24.3 Å². The van der Waals surface area contributed by atoms with E-state index < -0.39 is 6.10 Å². The summed E-state index contributed by atoms with van der Waals surface area (Å²) in [6.07, 6.45) is 2.14. The molecule has 1 fully saturated rings. The number of hydrogen-bond donors (Lipinski definition) is 2. The highest BCUT2D eigenvalue weighted by molar-refractivity contribution is 5.97. The van der Waals surface area contributed by atoms with Gasteiger partial charge in [-0.2, -0.15) is 4.98 Å². The van der Waals surface area contributed by atoms with Gasteiger partial charge >= 0.3 is 0 Å². The van der Waals surface area contributed by atoms with E-state index >= 15 is 0 Å². The van der Waals surface area contributed by atoms with Gasteiger partial charge < -0.3 is 15.0 Å². The smallest absolute Gasteiger partial charge is 0.266 e. The number of carbonyl (C=O) groups is 1. The van der Waals surface area contributed by atoms with Crippen molar-refractivity contribution >= 4 is 17.5 Å². The van der Waals surface area contributed by atoms with Crippen LogP contribution in [0.25, 0.3) is 0 Å². The van der Waals surface area contributed by atoms with Gasteiger partial charge in [-0.25, -0.2) is 0 Å². The number of fused-ring (bicyclic) bond motifs is 1. The van der Waals surface area contributed by atoms with Crippen LogP contribution in [0.2, 0.25) is 0 Å². The minimum atomic E-state index is -0.589. The summed E-state index contributed by atoms with van der Waals surface area (Å²) in [5.74, 6) is 1.91. The van der Waals surface area contributed by atoms with Crippen molar-refractivity contribution in [1.29, 1.82) is 0 Å². The highest BCUT2D eigenvalue weighted by Gasteiger charge is 2.29. The molecule has 2 N–H and O–H groups in total. The Balaban J connectivity index is 1.48. The number of carbonyl (C=O) groups excluding carboxylic acids is 1. The number of anilines is 2. The monoisotopic (exact) mass is 299 g/mol. The zero-order valence-corrected chi connectivity index (χ0v) is 12.1. The zero-order valence-electron chi connectivity index (χ0n) is 12.1. The third kappa shape index (κ3) is 2.38. The van der Waals surface area contributed by atoms with Crippen LogP contribution in [0.5, 0.6) is 5.75 Å². The Kier molecular flexibility index (Phi) is 3.17. The Bertz CT molecular complexity index is 693. The van der Waals surface area contributed by atoms with E-state index in [-0.39, 0.29) is 5.91 Å². The lowest BCUT2D eigenvalue weighted by Crippen LogP contribution is -2.38. The van der Waals surface area contributed by atoms with Gasteiger partial charge in [-0.3, -0.25) is 9.89 Å². The largest absolute Gasteiger partial charge is 0.478 e.